The molecule has 1 saturated heterocycles. The Balaban J connectivity index is 2.01. The highest BCUT2D eigenvalue weighted by Gasteiger charge is 2.31. The molecule has 144 valence electrons. The summed E-state index contributed by atoms with van der Waals surface area (Å²) in [6.07, 6.45) is -2.60. The van der Waals surface area contributed by atoms with Gasteiger partial charge < -0.3 is 19.9 Å². The third kappa shape index (κ3) is 6.91. The Morgan fingerprint density at radius 3 is 2.50 bits per heavy atom. The fourth-order valence-electron chi connectivity index (χ4n) is 2.76. The average molecular weight is 375 g/mol. The lowest BCUT2D eigenvalue weighted by molar-refractivity contribution is -0.274. The summed E-state index contributed by atoms with van der Waals surface area (Å²) >= 11 is 0. The zero-order valence-corrected chi connectivity index (χ0v) is 13.9. The summed E-state index contributed by atoms with van der Waals surface area (Å²) in [6, 6.07) is 3.89. The fraction of sp³-hybridized carbons (Fsp3) is 0.529. The van der Waals surface area contributed by atoms with E-state index in [2.05, 4.69) is 10.1 Å². The Labute approximate surface area is 148 Å². The molecule has 0 radical (unpaired) electrons. The molecule has 0 bridgehead atoms. The number of amides is 1. The van der Waals surface area contributed by atoms with E-state index >= 15 is 0 Å². The van der Waals surface area contributed by atoms with Crippen molar-refractivity contribution in [2.24, 2.45) is 0 Å². The number of carbonyl (C=O) groups excluding carboxylic acids is 1. The van der Waals surface area contributed by atoms with Crippen molar-refractivity contribution in [2.45, 2.75) is 50.6 Å². The Bertz CT molecular complexity index is 612. The van der Waals surface area contributed by atoms with Gasteiger partial charge in [0.05, 0.1) is 25.0 Å². The van der Waals surface area contributed by atoms with Crippen molar-refractivity contribution >= 4 is 11.9 Å². The van der Waals surface area contributed by atoms with Crippen LogP contribution < -0.4 is 10.1 Å². The number of carboxylic acid groups (broad SMARTS) is 1. The molecule has 26 heavy (non-hydrogen) atoms. The molecule has 2 unspecified atom stereocenters. The zero-order chi connectivity index (χ0) is 19.2. The largest absolute Gasteiger partial charge is 0.573 e. The van der Waals surface area contributed by atoms with Crippen molar-refractivity contribution in [3.05, 3.63) is 29.8 Å². The first-order valence-electron chi connectivity index (χ1n) is 8.21. The van der Waals surface area contributed by atoms with Crippen molar-refractivity contribution in [3.8, 4) is 5.75 Å². The number of rotatable bonds is 7. The van der Waals surface area contributed by atoms with Gasteiger partial charge in [-0.05, 0) is 37.0 Å². The van der Waals surface area contributed by atoms with Gasteiger partial charge in [-0.25, -0.2) is 0 Å². The minimum Gasteiger partial charge on any atom is -0.481 e. The van der Waals surface area contributed by atoms with Crippen LogP contribution in [0.3, 0.4) is 0 Å². The molecule has 2 N–H and O–H groups in total. The number of hydrogen-bond donors (Lipinski definition) is 2. The van der Waals surface area contributed by atoms with Gasteiger partial charge in [0.15, 0.2) is 0 Å². The van der Waals surface area contributed by atoms with Crippen molar-refractivity contribution < 1.29 is 37.3 Å². The van der Waals surface area contributed by atoms with Crippen LogP contribution in [0.1, 0.15) is 43.7 Å². The van der Waals surface area contributed by atoms with Crippen molar-refractivity contribution in [2.75, 3.05) is 6.61 Å². The van der Waals surface area contributed by atoms with Crippen LogP contribution in [0.2, 0.25) is 0 Å². The molecule has 1 amide bonds. The van der Waals surface area contributed by atoms with Gasteiger partial charge in [0.25, 0.3) is 0 Å². The zero-order valence-electron chi connectivity index (χ0n) is 13.9. The lowest BCUT2D eigenvalue weighted by Gasteiger charge is -2.24. The highest BCUT2D eigenvalue weighted by molar-refractivity contribution is 5.78. The molecule has 2 rings (SSSR count). The van der Waals surface area contributed by atoms with Crippen LogP contribution in [0.5, 0.6) is 5.75 Å². The molecule has 1 aromatic carbocycles. The monoisotopic (exact) mass is 375 g/mol. The molecule has 1 heterocycles. The van der Waals surface area contributed by atoms with Gasteiger partial charge in [-0.3, -0.25) is 9.59 Å². The van der Waals surface area contributed by atoms with Crippen LogP contribution >= 0.6 is 0 Å². The van der Waals surface area contributed by atoms with Crippen LogP contribution in [-0.2, 0) is 14.3 Å². The van der Waals surface area contributed by atoms with Gasteiger partial charge in [0.1, 0.15) is 5.75 Å². The molecule has 2 atom stereocenters. The van der Waals surface area contributed by atoms with E-state index in [0.29, 0.717) is 12.2 Å². The molecule has 0 spiro atoms. The van der Waals surface area contributed by atoms with Crippen LogP contribution in [0, 0.1) is 0 Å². The normalized spacial score (nSPS) is 18.8. The smallest absolute Gasteiger partial charge is 0.481 e. The average Bonchev–Trinajstić information content (AvgIpc) is 2.54. The van der Waals surface area contributed by atoms with Crippen LogP contribution in [0.25, 0.3) is 0 Å². The molecule has 1 aromatic rings. The predicted octanol–water partition coefficient (Wildman–Crippen LogP) is 3.18. The van der Waals surface area contributed by atoms with Crippen molar-refractivity contribution in [3.63, 3.8) is 0 Å². The first-order valence-corrected chi connectivity index (χ1v) is 8.21. The second-order valence-corrected chi connectivity index (χ2v) is 6.03. The number of carbonyl (C=O) groups is 2. The van der Waals surface area contributed by atoms with Gasteiger partial charge in [-0.1, -0.05) is 12.1 Å². The Morgan fingerprint density at radius 1 is 1.27 bits per heavy atom. The van der Waals surface area contributed by atoms with E-state index in [9.17, 15) is 22.8 Å². The molecule has 0 aromatic heterocycles. The first-order chi connectivity index (χ1) is 12.2. The molecule has 0 saturated carbocycles. The van der Waals surface area contributed by atoms with Gasteiger partial charge >= 0.3 is 12.3 Å². The topological polar surface area (TPSA) is 84.9 Å². The lowest BCUT2D eigenvalue weighted by Crippen LogP contribution is -2.34. The molecule has 9 heteroatoms. The molecule has 1 fully saturated rings. The van der Waals surface area contributed by atoms with E-state index in [-0.39, 0.29) is 18.4 Å². The van der Waals surface area contributed by atoms with Gasteiger partial charge in [0, 0.05) is 6.61 Å². The third-order valence-electron chi connectivity index (χ3n) is 3.92. The van der Waals surface area contributed by atoms with E-state index < -0.39 is 30.5 Å². The summed E-state index contributed by atoms with van der Waals surface area (Å²) in [6.45, 7) is 0.594. The summed E-state index contributed by atoms with van der Waals surface area (Å²) in [5.41, 5.74) is 0.375. The summed E-state index contributed by atoms with van der Waals surface area (Å²) in [5, 5.41) is 11.7. The number of alkyl halides is 3. The highest BCUT2D eigenvalue weighted by Crippen LogP contribution is 2.26. The highest BCUT2D eigenvalue weighted by atomic mass is 19.4. The van der Waals surface area contributed by atoms with E-state index in [0.717, 1.165) is 31.4 Å². The SMILES string of the molecule is O=C(O)CC(NC(=O)CC1CCCCO1)c1ccc(OC(F)(F)F)cc1. The molecule has 1 aliphatic rings. The summed E-state index contributed by atoms with van der Waals surface area (Å²) in [5.74, 6) is -1.92. The van der Waals surface area contributed by atoms with Crippen molar-refractivity contribution in [1.82, 2.24) is 5.32 Å². The van der Waals surface area contributed by atoms with Crippen molar-refractivity contribution in [1.29, 1.82) is 0 Å². The van der Waals surface area contributed by atoms with E-state index in [1.54, 1.807) is 0 Å². The van der Waals surface area contributed by atoms with Crippen LogP contribution in [-0.4, -0.2) is 36.1 Å². The minimum absolute atomic E-state index is 0.116. The molecule has 0 aliphatic carbocycles. The molecule has 6 nitrogen and oxygen atoms in total. The predicted molar refractivity (Wildman–Crippen MR) is 84.5 cm³/mol. The Kier molecular flexibility index (Phi) is 6.84. The quantitative estimate of drug-likeness (QED) is 0.765. The number of benzene rings is 1. The summed E-state index contributed by atoms with van der Waals surface area (Å²) in [7, 11) is 0. The van der Waals surface area contributed by atoms with Gasteiger partial charge in [-0.15, -0.1) is 13.2 Å². The second kappa shape index (κ2) is 8.88. The maximum Gasteiger partial charge on any atom is 0.573 e. The van der Waals surface area contributed by atoms with Gasteiger partial charge in [-0.2, -0.15) is 0 Å². The number of halogens is 3. The fourth-order valence-corrected chi connectivity index (χ4v) is 2.76. The molecule has 1 aliphatic heterocycles. The summed E-state index contributed by atoms with van der Waals surface area (Å²) < 4.78 is 45.9. The molecular weight excluding hydrogens is 355 g/mol. The molecular formula is C17H20F3NO5. The van der Waals surface area contributed by atoms with E-state index in [1.807, 2.05) is 0 Å². The standard InChI is InChI=1S/C17H20F3NO5/c18-17(19,20)26-12-6-4-11(5-7-12)14(10-16(23)24)21-15(22)9-13-3-1-2-8-25-13/h4-7,13-14H,1-3,8-10H2,(H,21,22)(H,23,24). The number of carboxylic acids is 1. The first kappa shape index (κ1) is 20.0. The minimum atomic E-state index is -4.81. The number of nitrogens with one attached hydrogen (secondary N) is 1. The second-order valence-electron chi connectivity index (χ2n) is 6.03. The summed E-state index contributed by atoms with van der Waals surface area (Å²) in [4.78, 5) is 23.2. The third-order valence-corrected chi connectivity index (χ3v) is 3.92. The Morgan fingerprint density at radius 2 is 1.96 bits per heavy atom. The maximum absolute atomic E-state index is 12.2. The lowest BCUT2D eigenvalue weighted by atomic mass is 10.0. The van der Waals surface area contributed by atoms with Gasteiger partial charge in [0.2, 0.25) is 5.91 Å². The number of aliphatic carboxylic acids is 1. The van der Waals surface area contributed by atoms with Crippen LogP contribution in [0.4, 0.5) is 13.2 Å². The Hall–Kier alpha value is -2.29. The number of hydrogen-bond acceptors (Lipinski definition) is 4. The van der Waals surface area contributed by atoms with E-state index in [1.165, 1.54) is 12.1 Å². The number of ether oxygens (including phenoxy) is 2. The van der Waals surface area contributed by atoms with Crippen LogP contribution in [0.15, 0.2) is 24.3 Å². The maximum atomic E-state index is 12.2. The van der Waals surface area contributed by atoms with E-state index in [4.69, 9.17) is 9.84 Å².